The van der Waals surface area contributed by atoms with Crippen LogP contribution in [0.15, 0.2) is 24.3 Å². The highest BCUT2D eigenvalue weighted by Gasteiger charge is 2.70. The highest BCUT2D eigenvalue weighted by molar-refractivity contribution is 5.76. The minimum absolute atomic E-state index is 0.0461. The minimum Gasteiger partial charge on any atom is -0.426 e. The van der Waals surface area contributed by atoms with E-state index in [1.54, 1.807) is 0 Å². The lowest BCUT2D eigenvalue weighted by Gasteiger charge is -2.32. The largest absolute Gasteiger partial charge is 0.426 e. The van der Waals surface area contributed by atoms with Gasteiger partial charge in [0, 0.05) is 6.42 Å². The Balaban J connectivity index is 1.67. The van der Waals surface area contributed by atoms with Crippen molar-refractivity contribution < 1.29 is 41.0 Å². The summed E-state index contributed by atoms with van der Waals surface area (Å²) in [5.74, 6) is 1.02. The number of hydrogen-bond donors (Lipinski definition) is 1. The first-order valence-corrected chi connectivity index (χ1v) is 9.41. The number of benzene rings is 1. The maximum absolute atomic E-state index is 12.8. The van der Waals surface area contributed by atoms with Crippen LogP contribution in [0.4, 0.5) is 26.3 Å². The van der Waals surface area contributed by atoms with Gasteiger partial charge in [-0.2, -0.15) is 26.3 Å². The maximum atomic E-state index is 12.8. The fourth-order valence-corrected chi connectivity index (χ4v) is 4.74. The fraction of sp³-hybridized carbons (Fsp3) is 0.650. The second-order valence-corrected chi connectivity index (χ2v) is 8.32. The van der Waals surface area contributed by atoms with Crippen molar-refractivity contribution in [2.75, 3.05) is 0 Å². The van der Waals surface area contributed by atoms with Crippen LogP contribution in [0.5, 0.6) is 5.75 Å². The first-order chi connectivity index (χ1) is 13.2. The number of aliphatic hydroxyl groups is 1. The number of ether oxygens (including phenoxy) is 1. The molecule has 2 aliphatic carbocycles. The average molecular weight is 424 g/mol. The van der Waals surface area contributed by atoms with Crippen molar-refractivity contribution in [2.24, 2.45) is 29.6 Å². The van der Waals surface area contributed by atoms with Crippen molar-refractivity contribution >= 4 is 5.97 Å². The van der Waals surface area contributed by atoms with Gasteiger partial charge in [0.1, 0.15) is 5.75 Å². The van der Waals surface area contributed by atoms with Crippen LogP contribution in [0.2, 0.25) is 0 Å². The molecule has 1 aromatic carbocycles. The molecular weight excluding hydrogens is 402 g/mol. The lowest BCUT2D eigenvalue weighted by atomic mass is 9.76. The van der Waals surface area contributed by atoms with Crippen LogP contribution in [-0.4, -0.2) is 29.0 Å². The van der Waals surface area contributed by atoms with Gasteiger partial charge in [-0.25, -0.2) is 0 Å². The predicted octanol–water partition coefficient (Wildman–Crippen LogP) is 4.92. The number of carbonyl (C=O) groups is 1. The van der Waals surface area contributed by atoms with E-state index in [1.807, 2.05) is 0 Å². The lowest BCUT2D eigenvalue weighted by molar-refractivity contribution is -0.367. The molecule has 29 heavy (non-hydrogen) atoms. The summed E-state index contributed by atoms with van der Waals surface area (Å²) in [5, 5.41) is 9.27. The van der Waals surface area contributed by atoms with Gasteiger partial charge in [0.15, 0.2) is 0 Å². The average Bonchev–Trinajstić information content (AvgIpc) is 3.15. The van der Waals surface area contributed by atoms with E-state index in [2.05, 4.69) is 13.8 Å². The van der Waals surface area contributed by atoms with Gasteiger partial charge in [-0.1, -0.05) is 26.0 Å². The van der Waals surface area contributed by atoms with E-state index in [-0.39, 0.29) is 23.1 Å². The van der Waals surface area contributed by atoms with Gasteiger partial charge in [0.2, 0.25) is 0 Å². The molecular formula is C20H22F6O3. The third-order valence-electron chi connectivity index (χ3n) is 6.74. The van der Waals surface area contributed by atoms with E-state index < -0.39 is 30.3 Å². The molecule has 5 atom stereocenters. The molecule has 2 saturated carbocycles. The van der Waals surface area contributed by atoms with Gasteiger partial charge in [-0.05, 0) is 54.2 Å². The molecule has 3 nitrogen and oxygen atoms in total. The maximum Gasteiger partial charge on any atom is 0.426 e. The molecule has 2 bridgehead atoms. The number of rotatable bonds is 4. The molecule has 2 aliphatic rings. The Morgan fingerprint density at radius 3 is 2.00 bits per heavy atom. The predicted molar refractivity (Wildman–Crippen MR) is 90.9 cm³/mol. The van der Waals surface area contributed by atoms with E-state index in [0.717, 1.165) is 37.1 Å². The van der Waals surface area contributed by atoms with Crippen LogP contribution in [0.25, 0.3) is 0 Å². The van der Waals surface area contributed by atoms with Crippen molar-refractivity contribution in [2.45, 2.75) is 51.1 Å². The molecule has 1 aromatic rings. The summed E-state index contributed by atoms with van der Waals surface area (Å²) in [6, 6.07) is 4.24. The quantitative estimate of drug-likeness (QED) is 0.424. The number of carbonyl (C=O) groups excluding carboxylic acids is 1. The Morgan fingerprint density at radius 1 is 1.00 bits per heavy atom. The summed E-state index contributed by atoms with van der Waals surface area (Å²) >= 11 is 0. The molecule has 9 heteroatoms. The van der Waals surface area contributed by atoms with E-state index in [4.69, 9.17) is 4.74 Å². The molecule has 0 aromatic heterocycles. The third-order valence-corrected chi connectivity index (χ3v) is 6.74. The van der Waals surface area contributed by atoms with Gasteiger partial charge in [-0.15, -0.1) is 0 Å². The zero-order valence-corrected chi connectivity index (χ0v) is 15.8. The second-order valence-electron chi connectivity index (χ2n) is 8.32. The first kappa shape index (κ1) is 21.9. The number of alkyl halides is 6. The normalized spacial score (nSPS) is 29.9. The number of fused-ring (bicyclic) bond motifs is 2. The van der Waals surface area contributed by atoms with Crippen LogP contribution in [-0.2, 0) is 11.2 Å². The summed E-state index contributed by atoms with van der Waals surface area (Å²) in [6.07, 6.45) is -11.8. The monoisotopic (exact) mass is 424 g/mol. The molecule has 0 radical (unpaired) electrons. The Labute approximate surface area is 164 Å². The molecule has 1 N–H and O–H groups in total. The zero-order chi connectivity index (χ0) is 21.8. The van der Waals surface area contributed by atoms with Crippen molar-refractivity contribution in [3.05, 3.63) is 29.8 Å². The van der Waals surface area contributed by atoms with Crippen molar-refractivity contribution in [3.63, 3.8) is 0 Å². The van der Waals surface area contributed by atoms with Crippen LogP contribution in [0.3, 0.4) is 0 Å². The van der Waals surface area contributed by atoms with Gasteiger partial charge < -0.3 is 9.84 Å². The van der Waals surface area contributed by atoms with Gasteiger partial charge >= 0.3 is 18.3 Å². The van der Waals surface area contributed by atoms with Crippen LogP contribution < -0.4 is 4.74 Å². The topological polar surface area (TPSA) is 46.5 Å². The van der Waals surface area contributed by atoms with Gasteiger partial charge in [0.25, 0.3) is 5.60 Å². The summed E-state index contributed by atoms with van der Waals surface area (Å²) in [4.78, 5) is 12.5. The molecule has 2 fully saturated rings. The van der Waals surface area contributed by atoms with Gasteiger partial charge in [0.05, 0.1) is 5.92 Å². The standard InChI is InChI=1S/C20H22F6O3/c1-10-11(2)15-7-13(10)8-16(15)17(27)29-14-5-3-12(4-6-14)9-18(28,19(21,22)23)20(24,25)26/h3-6,10-11,13,15-16,28H,7-9H2,1-2H3. The van der Waals surface area contributed by atoms with E-state index >= 15 is 0 Å². The van der Waals surface area contributed by atoms with Crippen LogP contribution in [0, 0.1) is 29.6 Å². The van der Waals surface area contributed by atoms with E-state index in [1.165, 1.54) is 0 Å². The Bertz CT molecular complexity index is 739. The van der Waals surface area contributed by atoms with Crippen molar-refractivity contribution in [1.29, 1.82) is 0 Å². The van der Waals surface area contributed by atoms with Crippen molar-refractivity contribution in [1.82, 2.24) is 0 Å². The summed E-state index contributed by atoms with van der Waals surface area (Å²) < 4.78 is 82.1. The molecule has 0 aliphatic heterocycles. The molecule has 0 spiro atoms. The number of esters is 1. The number of halogens is 6. The third kappa shape index (κ3) is 3.85. The first-order valence-electron chi connectivity index (χ1n) is 9.41. The molecule has 0 saturated heterocycles. The number of hydrogen-bond acceptors (Lipinski definition) is 3. The molecule has 3 rings (SSSR count). The Hall–Kier alpha value is -1.77. The second kappa shape index (κ2) is 7.18. The summed E-state index contributed by atoms with van der Waals surface area (Å²) in [6.45, 7) is 4.27. The molecule has 162 valence electrons. The lowest BCUT2D eigenvalue weighted by Crippen LogP contribution is -2.58. The van der Waals surface area contributed by atoms with E-state index in [9.17, 15) is 36.2 Å². The highest BCUT2D eigenvalue weighted by Crippen LogP contribution is 2.55. The van der Waals surface area contributed by atoms with Crippen LogP contribution in [0.1, 0.15) is 32.3 Å². The Morgan fingerprint density at radius 2 is 1.55 bits per heavy atom. The molecule has 0 amide bonds. The van der Waals surface area contributed by atoms with Crippen molar-refractivity contribution in [3.8, 4) is 5.75 Å². The van der Waals surface area contributed by atoms with E-state index in [0.29, 0.717) is 17.8 Å². The molecule has 5 unspecified atom stereocenters. The smallest absolute Gasteiger partial charge is 0.426 e. The summed E-state index contributed by atoms with van der Waals surface area (Å²) in [5.41, 5.74) is -5.24. The summed E-state index contributed by atoms with van der Waals surface area (Å²) in [7, 11) is 0. The fourth-order valence-electron chi connectivity index (χ4n) is 4.74. The van der Waals surface area contributed by atoms with Gasteiger partial charge in [-0.3, -0.25) is 4.79 Å². The van der Waals surface area contributed by atoms with Crippen LogP contribution >= 0.6 is 0 Å². The highest BCUT2D eigenvalue weighted by atomic mass is 19.4. The SMILES string of the molecule is CC1C2CC(C(=O)Oc3ccc(CC(O)(C(F)(F)F)C(F)(F)F)cc3)C(C2)C1C. The minimum atomic E-state index is -5.88. The molecule has 0 heterocycles. The Kier molecular flexibility index (Phi) is 5.43. The zero-order valence-electron chi connectivity index (χ0n) is 15.8.